The van der Waals surface area contributed by atoms with Gasteiger partial charge in [-0.25, -0.2) is 0 Å². The molecule has 0 saturated carbocycles. The van der Waals surface area contributed by atoms with Crippen LogP contribution in [0.5, 0.6) is 0 Å². The van der Waals surface area contributed by atoms with Crippen molar-refractivity contribution in [3.05, 3.63) is 155 Å². The zero-order chi connectivity index (χ0) is 56.9. The molecule has 2 aliphatic heterocycles. The first-order valence-electron chi connectivity index (χ1n) is 31.9. The van der Waals surface area contributed by atoms with E-state index in [-0.39, 0.29) is 5.41 Å². The Bertz CT molecular complexity index is 2930. The van der Waals surface area contributed by atoms with Gasteiger partial charge in [-0.15, -0.1) is 0 Å². The summed E-state index contributed by atoms with van der Waals surface area (Å²) in [5.41, 5.74) is 19.0. The molecule has 0 radical (unpaired) electrons. The van der Waals surface area contributed by atoms with Crippen molar-refractivity contribution in [3.63, 3.8) is 0 Å². The second kappa shape index (κ2) is 23.2. The average molecular weight is 1090 g/mol. The first kappa shape index (κ1) is 57.7. The minimum atomic E-state index is -0.428. The summed E-state index contributed by atoms with van der Waals surface area (Å²) in [5, 5.41) is 0. The second-order valence-corrected chi connectivity index (χ2v) is 27.1. The smallest absolute Gasteiger partial charge is 0.399 e. The Morgan fingerprint density at radius 3 is 1.06 bits per heavy atom. The van der Waals surface area contributed by atoms with Crippen molar-refractivity contribution >= 4 is 59.3 Å². The molecule has 0 amide bonds. The van der Waals surface area contributed by atoms with Crippen LogP contribution >= 0.6 is 0 Å². The fourth-order valence-electron chi connectivity index (χ4n) is 14.3. The van der Waals surface area contributed by atoms with Crippen LogP contribution in [-0.4, -0.2) is 36.6 Å². The van der Waals surface area contributed by atoms with E-state index in [9.17, 15) is 0 Å². The van der Waals surface area contributed by atoms with Gasteiger partial charge in [0.15, 0.2) is 0 Å². The molecule has 11 rings (SSSR count). The molecule has 3 aliphatic carbocycles. The fraction of sp³-hybridized carbons (Fsp3) is 0.507. The van der Waals surface area contributed by atoms with E-state index in [0.717, 1.165) is 60.8 Å². The Morgan fingerprint density at radius 2 is 0.716 bits per heavy atom. The van der Waals surface area contributed by atoms with Crippen LogP contribution < -0.4 is 20.7 Å². The maximum absolute atomic E-state index is 6.60. The Hall–Kier alpha value is -5.11. The highest BCUT2D eigenvalue weighted by molar-refractivity contribution is 6.62. The van der Waals surface area contributed by atoms with E-state index >= 15 is 0 Å². The quantitative estimate of drug-likeness (QED) is 0.0710. The lowest BCUT2D eigenvalue weighted by molar-refractivity contribution is 0.00578. The van der Waals surface area contributed by atoms with Crippen molar-refractivity contribution < 1.29 is 18.6 Å². The van der Waals surface area contributed by atoms with E-state index in [4.69, 9.17) is 18.6 Å². The number of hydrogen-bond donors (Lipinski definition) is 0. The Kier molecular flexibility index (Phi) is 16.5. The van der Waals surface area contributed by atoms with Crippen molar-refractivity contribution in [2.24, 2.45) is 11.8 Å². The van der Waals surface area contributed by atoms with Crippen molar-refractivity contribution in [1.29, 1.82) is 0 Å². The summed E-state index contributed by atoms with van der Waals surface area (Å²) < 4.78 is 26.4. The van der Waals surface area contributed by atoms with Gasteiger partial charge in [0.25, 0.3) is 0 Å². The minimum Gasteiger partial charge on any atom is -0.399 e. The van der Waals surface area contributed by atoms with E-state index < -0.39 is 36.6 Å². The lowest BCUT2D eigenvalue weighted by atomic mass is 9.65. The van der Waals surface area contributed by atoms with Gasteiger partial charge in [0.1, 0.15) is 0 Å². The molecule has 81 heavy (non-hydrogen) atoms. The SMILES string of the molecule is CCCCC(CC)CC1(CC(CC)CCCC)c2ccc(N(c3ccc(B4OC(C)(C)C(C)(C)O4)cc3)c3ccc4c(c3)CCCC4)cc2-c2cc(N(c3ccc(B4OC(C)(C)C(C)(C)O4)cc3)c3ccc4c(c3)CCCC4)ccc21. The number of fused-ring (bicyclic) bond motifs is 5. The molecule has 2 fully saturated rings. The lowest BCUT2D eigenvalue weighted by Gasteiger charge is -2.39. The molecule has 0 aromatic heterocycles. The standard InChI is InChI=1S/C73H94B2N2O4/c1-13-17-23-51(15-3)49-73(50-52(16-4)24-18-14-2)67-43-41-63(76(61-35-29-53-25-19-21-27-55(53)45-61)59-37-31-57(32-38-59)74-78-69(5,6)70(7,8)79-74)47-65(67)66-48-64(42-44-68(66)73)77(62-36-30-54-26-20-22-28-56(54)46-62)60-39-33-58(34-40-60)75-80-71(9,10)72(11,12)81-75/h29-48,51-52H,13-28,49-50H2,1-12H3. The molecule has 8 heteroatoms. The maximum atomic E-state index is 6.60. The lowest BCUT2D eigenvalue weighted by Crippen LogP contribution is -2.41. The van der Waals surface area contributed by atoms with Crippen LogP contribution in [0.2, 0.25) is 0 Å². The molecule has 6 aromatic rings. The van der Waals surface area contributed by atoms with Crippen LogP contribution in [0.15, 0.2) is 121 Å². The highest BCUT2D eigenvalue weighted by Gasteiger charge is 2.53. The van der Waals surface area contributed by atoms with Gasteiger partial charge in [-0.1, -0.05) is 128 Å². The maximum Gasteiger partial charge on any atom is 0.494 e. The molecule has 2 unspecified atom stereocenters. The zero-order valence-corrected chi connectivity index (χ0v) is 51.6. The number of benzene rings is 6. The van der Waals surface area contributed by atoms with Crippen LogP contribution in [0.25, 0.3) is 11.1 Å². The molecular weight excluding hydrogens is 990 g/mol. The summed E-state index contributed by atoms with van der Waals surface area (Å²) in [6.45, 7) is 26.7. The number of aryl methyl sites for hydroxylation is 4. The van der Waals surface area contributed by atoms with Crippen molar-refractivity contribution in [2.75, 3.05) is 9.80 Å². The molecule has 5 aliphatic rings. The fourth-order valence-corrected chi connectivity index (χ4v) is 14.3. The third-order valence-electron chi connectivity index (χ3n) is 20.7. The molecule has 2 heterocycles. The molecule has 6 aromatic carbocycles. The number of nitrogens with zero attached hydrogens (tertiary/aromatic N) is 2. The molecule has 2 saturated heterocycles. The van der Waals surface area contributed by atoms with Gasteiger partial charge in [0, 0.05) is 39.5 Å². The van der Waals surface area contributed by atoms with E-state index in [2.05, 4.69) is 214 Å². The van der Waals surface area contributed by atoms with Crippen LogP contribution in [0.1, 0.15) is 206 Å². The predicted octanol–water partition coefficient (Wildman–Crippen LogP) is 18.5. The third kappa shape index (κ3) is 11.2. The number of unbranched alkanes of at least 4 members (excludes halogenated alkanes) is 2. The highest BCUT2D eigenvalue weighted by Crippen LogP contribution is 2.59. The summed E-state index contributed by atoms with van der Waals surface area (Å²) >= 11 is 0. The van der Waals surface area contributed by atoms with E-state index in [1.807, 2.05) is 0 Å². The summed E-state index contributed by atoms with van der Waals surface area (Å²) in [6.07, 6.45) is 21.8. The second-order valence-electron chi connectivity index (χ2n) is 27.1. The summed E-state index contributed by atoms with van der Waals surface area (Å²) in [6, 6.07) is 47.9. The van der Waals surface area contributed by atoms with Crippen LogP contribution in [0.4, 0.5) is 34.1 Å². The van der Waals surface area contributed by atoms with Gasteiger partial charge in [-0.2, -0.15) is 0 Å². The molecule has 0 bridgehead atoms. The summed E-state index contributed by atoms with van der Waals surface area (Å²) in [7, 11) is -0.856. The molecule has 0 spiro atoms. The normalized spacial score (nSPS) is 19.6. The summed E-state index contributed by atoms with van der Waals surface area (Å²) in [5.74, 6) is 1.24. The Labute approximate surface area is 489 Å². The third-order valence-corrected chi connectivity index (χ3v) is 20.7. The molecule has 426 valence electrons. The van der Waals surface area contributed by atoms with Gasteiger partial charge in [0.05, 0.1) is 22.4 Å². The van der Waals surface area contributed by atoms with Gasteiger partial charge in [-0.05, 0) is 260 Å². The molecular formula is C73H94B2N2O4. The van der Waals surface area contributed by atoms with Crippen molar-refractivity contribution in [1.82, 2.24) is 0 Å². The van der Waals surface area contributed by atoms with E-state index in [0.29, 0.717) is 11.8 Å². The van der Waals surface area contributed by atoms with Gasteiger partial charge in [0.2, 0.25) is 0 Å². The van der Waals surface area contributed by atoms with Crippen LogP contribution in [0, 0.1) is 11.8 Å². The minimum absolute atomic E-state index is 0.132. The van der Waals surface area contributed by atoms with E-state index in [1.165, 1.54) is 144 Å². The average Bonchev–Trinajstić information content (AvgIpc) is 3.56. The van der Waals surface area contributed by atoms with Crippen molar-refractivity contribution in [2.45, 2.75) is 226 Å². The zero-order valence-electron chi connectivity index (χ0n) is 51.6. The van der Waals surface area contributed by atoms with Gasteiger partial charge < -0.3 is 28.4 Å². The number of rotatable bonds is 20. The molecule has 6 nitrogen and oxygen atoms in total. The Balaban J connectivity index is 1.09. The first-order valence-corrected chi connectivity index (χ1v) is 31.9. The van der Waals surface area contributed by atoms with E-state index in [1.54, 1.807) is 0 Å². The first-order chi connectivity index (χ1) is 38.9. The number of hydrogen-bond acceptors (Lipinski definition) is 6. The van der Waals surface area contributed by atoms with Crippen LogP contribution in [0.3, 0.4) is 0 Å². The van der Waals surface area contributed by atoms with Crippen molar-refractivity contribution in [3.8, 4) is 11.1 Å². The summed E-state index contributed by atoms with van der Waals surface area (Å²) in [4.78, 5) is 5.06. The number of anilines is 6. The molecule has 2 atom stereocenters. The monoisotopic (exact) mass is 1080 g/mol. The van der Waals surface area contributed by atoms with Crippen LogP contribution in [-0.2, 0) is 49.7 Å². The highest BCUT2D eigenvalue weighted by atomic mass is 16.7. The van der Waals surface area contributed by atoms with Gasteiger partial charge >= 0.3 is 14.2 Å². The largest absolute Gasteiger partial charge is 0.494 e. The Morgan fingerprint density at radius 1 is 0.395 bits per heavy atom. The topological polar surface area (TPSA) is 43.4 Å². The predicted molar refractivity (Wildman–Crippen MR) is 343 cm³/mol. The van der Waals surface area contributed by atoms with Gasteiger partial charge in [-0.3, -0.25) is 0 Å². The molecule has 0 N–H and O–H groups in total.